The van der Waals surface area contributed by atoms with Crippen LogP contribution in [0.15, 0.2) is 34.9 Å². The summed E-state index contributed by atoms with van der Waals surface area (Å²) in [6.45, 7) is 3.21. The lowest BCUT2D eigenvalue weighted by Crippen LogP contribution is -2.40. The quantitative estimate of drug-likeness (QED) is 0.869. The van der Waals surface area contributed by atoms with Gasteiger partial charge in [0.2, 0.25) is 0 Å². The van der Waals surface area contributed by atoms with Gasteiger partial charge in [-0.05, 0) is 25.7 Å². The Labute approximate surface area is 134 Å². The summed E-state index contributed by atoms with van der Waals surface area (Å²) >= 11 is 0. The van der Waals surface area contributed by atoms with Gasteiger partial charge < -0.3 is 4.98 Å². The molecule has 1 fully saturated rings. The topological polar surface area (TPSA) is 101 Å². The van der Waals surface area contributed by atoms with E-state index in [1.807, 2.05) is 0 Å². The Kier molecular flexibility index (Phi) is 4.31. The number of piperidine rings is 1. The molecule has 1 aliphatic heterocycles. The third-order valence-electron chi connectivity index (χ3n) is 4.19. The van der Waals surface area contributed by atoms with Gasteiger partial charge in [0.15, 0.2) is 5.03 Å². The molecule has 124 valence electrons. The molecule has 1 saturated heterocycles. The minimum atomic E-state index is -3.50. The van der Waals surface area contributed by atoms with Gasteiger partial charge in [0.05, 0.1) is 18.9 Å². The normalized spacial score (nSPS) is 17.4. The number of aryl methyl sites for hydroxylation is 1. The van der Waals surface area contributed by atoms with Crippen molar-refractivity contribution in [2.75, 3.05) is 13.1 Å². The van der Waals surface area contributed by atoms with Crippen molar-refractivity contribution in [1.29, 1.82) is 0 Å². The first-order valence-corrected chi connectivity index (χ1v) is 8.92. The van der Waals surface area contributed by atoms with Crippen LogP contribution in [0.2, 0.25) is 0 Å². The van der Waals surface area contributed by atoms with Crippen molar-refractivity contribution in [2.24, 2.45) is 5.92 Å². The molecule has 0 unspecified atom stereocenters. The van der Waals surface area contributed by atoms with Crippen molar-refractivity contribution >= 4 is 10.0 Å². The lowest BCUT2D eigenvalue weighted by Gasteiger charge is -2.30. The van der Waals surface area contributed by atoms with E-state index in [0.717, 1.165) is 0 Å². The fraction of sp³-hybridized carbons (Fsp3) is 0.500. The maximum atomic E-state index is 12.4. The van der Waals surface area contributed by atoms with E-state index in [1.165, 1.54) is 16.8 Å². The minimum Gasteiger partial charge on any atom is -0.335 e. The second-order valence-electron chi connectivity index (χ2n) is 5.80. The predicted molar refractivity (Wildman–Crippen MR) is 83.3 cm³/mol. The summed E-state index contributed by atoms with van der Waals surface area (Å²) in [4.78, 5) is 22.5. The molecule has 0 saturated carbocycles. The largest absolute Gasteiger partial charge is 0.335 e. The van der Waals surface area contributed by atoms with Crippen LogP contribution in [0.1, 0.15) is 18.4 Å². The van der Waals surface area contributed by atoms with E-state index in [-0.39, 0.29) is 16.5 Å². The van der Waals surface area contributed by atoms with E-state index in [4.69, 9.17) is 0 Å². The molecular formula is C14H19N5O3S. The predicted octanol–water partition coefficient (Wildman–Crippen LogP) is 0.376. The molecule has 2 aromatic rings. The zero-order valence-electron chi connectivity index (χ0n) is 12.8. The highest BCUT2D eigenvalue weighted by atomic mass is 32.2. The van der Waals surface area contributed by atoms with Gasteiger partial charge in [0, 0.05) is 31.4 Å². The van der Waals surface area contributed by atoms with Crippen molar-refractivity contribution in [2.45, 2.75) is 31.3 Å². The fourth-order valence-electron chi connectivity index (χ4n) is 2.82. The monoisotopic (exact) mass is 337 g/mol. The number of nitrogens with one attached hydrogen (secondary N) is 1. The van der Waals surface area contributed by atoms with E-state index in [9.17, 15) is 13.2 Å². The number of rotatable bonds is 4. The molecule has 0 aliphatic carbocycles. The minimum absolute atomic E-state index is 0.0347. The summed E-state index contributed by atoms with van der Waals surface area (Å²) in [5, 5.41) is 0.120. The molecule has 9 heteroatoms. The maximum Gasteiger partial charge on any atom is 0.260 e. The van der Waals surface area contributed by atoms with Gasteiger partial charge in [-0.25, -0.2) is 18.4 Å². The number of aromatic nitrogens is 4. The van der Waals surface area contributed by atoms with Crippen molar-refractivity contribution in [3.63, 3.8) is 0 Å². The number of hydrogen-bond acceptors (Lipinski definition) is 5. The average molecular weight is 337 g/mol. The number of sulfonamides is 1. The van der Waals surface area contributed by atoms with E-state index < -0.39 is 10.0 Å². The summed E-state index contributed by atoms with van der Waals surface area (Å²) in [6, 6.07) is 0. The summed E-state index contributed by atoms with van der Waals surface area (Å²) < 4.78 is 27.9. The Balaban J connectivity index is 1.65. The van der Waals surface area contributed by atoms with Crippen molar-refractivity contribution < 1.29 is 8.42 Å². The molecule has 2 aromatic heterocycles. The molecule has 23 heavy (non-hydrogen) atoms. The van der Waals surface area contributed by atoms with Crippen LogP contribution in [0, 0.1) is 12.8 Å². The highest BCUT2D eigenvalue weighted by Gasteiger charge is 2.30. The molecule has 0 radical (unpaired) electrons. The number of nitrogens with zero attached hydrogens (tertiary/aromatic N) is 4. The van der Waals surface area contributed by atoms with E-state index in [2.05, 4.69) is 15.0 Å². The van der Waals surface area contributed by atoms with Gasteiger partial charge in [0.1, 0.15) is 0 Å². The zero-order valence-corrected chi connectivity index (χ0v) is 13.7. The van der Waals surface area contributed by atoms with Gasteiger partial charge in [0.25, 0.3) is 15.6 Å². The molecule has 8 nitrogen and oxygen atoms in total. The van der Waals surface area contributed by atoms with Gasteiger partial charge in [-0.15, -0.1) is 0 Å². The number of hydrogen-bond donors (Lipinski definition) is 1. The van der Waals surface area contributed by atoms with Crippen LogP contribution >= 0.6 is 0 Å². The summed E-state index contributed by atoms with van der Waals surface area (Å²) in [5.41, 5.74) is 0.583. The summed E-state index contributed by atoms with van der Waals surface area (Å²) in [7, 11) is -3.50. The van der Waals surface area contributed by atoms with Crippen LogP contribution in [0.3, 0.4) is 0 Å². The van der Waals surface area contributed by atoms with Crippen LogP contribution in [0.4, 0.5) is 0 Å². The second kappa shape index (κ2) is 6.25. The zero-order chi connectivity index (χ0) is 16.4. The molecule has 1 aliphatic rings. The molecule has 3 heterocycles. The first-order valence-electron chi connectivity index (χ1n) is 7.48. The lowest BCUT2D eigenvalue weighted by atomic mass is 9.98. The second-order valence-corrected chi connectivity index (χ2v) is 7.70. The van der Waals surface area contributed by atoms with E-state index >= 15 is 0 Å². The van der Waals surface area contributed by atoms with Crippen LogP contribution in [-0.4, -0.2) is 45.3 Å². The van der Waals surface area contributed by atoms with Gasteiger partial charge in [-0.1, -0.05) is 0 Å². The van der Waals surface area contributed by atoms with Crippen LogP contribution < -0.4 is 5.56 Å². The van der Waals surface area contributed by atoms with Gasteiger partial charge in [-0.2, -0.15) is 4.31 Å². The lowest BCUT2D eigenvalue weighted by molar-refractivity contribution is 0.250. The number of H-pyrrole nitrogens is 1. The molecule has 3 rings (SSSR count). The van der Waals surface area contributed by atoms with Crippen LogP contribution in [0.25, 0.3) is 0 Å². The fourth-order valence-corrected chi connectivity index (χ4v) is 4.19. The van der Waals surface area contributed by atoms with Crippen LogP contribution in [0.5, 0.6) is 0 Å². The van der Waals surface area contributed by atoms with E-state index in [0.29, 0.717) is 38.0 Å². The molecule has 0 aromatic carbocycles. The smallest absolute Gasteiger partial charge is 0.260 e. The molecule has 1 N–H and O–H groups in total. The third kappa shape index (κ3) is 3.20. The molecule has 0 bridgehead atoms. The van der Waals surface area contributed by atoms with Crippen LogP contribution in [-0.2, 0) is 16.6 Å². The molecule has 0 spiro atoms. The standard InChI is InChI=1S/C14H19N5O3S/c1-11-6-16-10-18(14(11)20)8-12-2-4-19(5-3-12)23(21,22)13-7-15-9-17-13/h6-7,9-10,12H,2-5,8H2,1H3,(H,15,17). The molecule has 0 atom stereocenters. The average Bonchev–Trinajstić information content (AvgIpc) is 3.08. The molecule has 0 amide bonds. The highest BCUT2D eigenvalue weighted by Crippen LogP contribution is 2.23. The Hall–Kier alpha value is -2.00. The SMILES string of the molecule is Cc1cncn(CC2CCN(S(=O)(=O)c3cnc[nH]3)CC2)c1=O. The highest BCUT2D eigenvalue weighted by molar-refractivity contribution is 7.89. The van der Waals surface area contributed by atoms with Crippen molar-refractivity contribution in [3.05, 3.63) is 41.0 Å². The third-order valence-corrected chi connectivity index (χ3v) is 6.02. The van der Waals surface area contributed by atoms with E-state index in [1.54, 1.807) is 24.0 Å². The van der Waals surface area contributed by atoms with Gasteiger partial charge in [-0.3, -0.25) is 9.36 Å². The summed E-state index contributed by atoms with van der Waals surface area (Å²) in [6.07, 6.45) is 7.21. The maximum absolute atomic E-state index is 12.4. The van der Waals surface area contributed by atoms with Gasteiger partial charge >= 0.3 is 0 Å². The number of imidazole rings is 1. The molecular weight excluding hydrogens is 318 g/mol. The van der Waals surface area contributed by atoms with Crippen molar-refractivity contribution in [1.82, 2.24) is 23.8 Å². The first kappa shape index (κ1) is 15.9. The Bertz CT molecular complexity index is 820. The van der Waals surface area contributed by atoms with Crippen molar-refractivity contribution in [3.8, 4) is 0 Å². The Morgan fingerprint density at radius 2 is 2.00 bits per heavy atom. The Morgan fingerprint density at radius 3 is 2.65 bits per heavy atom. The first-order chi connectivity index (χ1) is 11.0. The number of aromatic amines is 1. The summed E-state index contributed by atoms with van der Waals surface area (Å²) in [5.74, 6) is 0.268. The Morgan fingerprint density at radius 1 is 1.26 bits per heavy atom.